The van der Waals surface area contributed by atoms with Crippen LogP contribution in [-0.4, -0.2) is 24.2 Å². The first-order chi connectivity index (χ1) is 10.0. The average Bonchev–Trinajstić information content (AvgIpc) is 2.73. The van der Waals surface area contributed by atoms with Gasteiger partial charge in [0, 0.05) is 12.8 Å². The van der Waals surface area contributed by atoms with Crippen LogP contribution in [0.4, 0.5) is 0 Å². The number of carbonyl (C=O) groups is 4. The van der Waals surface area contributed by atoms with Crippen molar-refractivity contribution in [2.24, 2.45) is 0 Å². The summed E-state index contributed by atoms with van der Waals surface area (Å²) >= 11 is 0. The van der Waals surface area contributed by atoms with Gasteiger partial charge in [-0.1, -0.05) is 6.07 Å². The van der Waals surface area contributed by atoms with E-state index in [0.717, 1.165) is 6.29 Å². The van der Waals surface area contributed by atoms with Gasteiger partial charge in [0.15, 0.2) is 0 Å². The van der Waals surface area contributed by atoms with Crippen molar-refractivity contribution in [3.05, 3.63) is 28.8 Å². The largest absolute Gasteiger partial charge is 0.425 e. The summed E-state index contributed by atoms with van der Waals surface area (Å²) in [7, 11) is 0. The van der Waals surface area contributed by atoms with Crippen molar-refractivity contribution < 1.29 is 28.7 Å². The molecule has 6 heteroatoms. The van der Waals surface area contributed by atoms with Gasteiger partial charge in [-0.2, -0.15) is 0 Å². The van der Waals surface area contributed by atoms with E-state index >= 15 is 0 Å². The Morgan fingerprint density at radius 2 is 2.00 bits per heavy atom. The number of rotatable bonds is 6. The Kier molecular flexibility index (Phi) is 4.47. The summed E-state index contributed by atoms with van der Waals surface area (Å²) < 4.78 is 9.72. The summed E-state index contributed by atoms with van der Waals surface area (Å²) in [6.45, 7) is 1.67. The summed E-state index contributed by atoms with van der Waals surface area (Å²) in [6.07, 6.45) is 2.45. The Labute approximate surface area is 121 Å². The molecule has 0 saturated heterocycles. The lowest BCUT2D eigenvalue weighted by Gasteiger charge is -2.09. The van der Waals surface area contributed by atoms with Crippen LogP contribution in [0.25, 0.3) is 0 Å². The number of cyclic esters (lactones) is 2. The summed E-state index contributed by atoms with van der Waals surface area (Å²) in [5.74, 6) is -1.98. The number of aryl methyl sites for hydroxylation is 1. The molecule has 0 spiro atoms. The van der Waals surface area contributed by atoms with E-state index in [1.807, 2.05) is 0 Å². The van der Waals surface area contributed by atoms with Crippen molar-refractivity contribution in [3.8, 4) is 5.75 Å². The van der Waals surface area contributed by atoms with Gasteiger partial charge in [0.05, 0.1) is 5.56 Å². The Morgan fingerprint density at radius 1 is 1.24 bits per heavy atom. The van der Waals surface area contributed by atoms with E-state index in [0.29, 0.717) is 24.8 Å². The zero-order valence-corrected chi connectivity index (χ0v) is 11.5. The third-order valence-corrected chi connectivity index (χ3v) is 3.13. The van der Waals surface area contributed by atoms with Gasteiger partial charge in [-0.3, -0.25) is 4.79 Å². The zero-order valence-electron chi connectivity index (χ0n) is 11.5. The molecule has 0 N–H and O–H groups in total. The van der Waals surface area contributed by atoms with Crippen molar-refractivity contribution in [2.75, 3.05) is 0 Å². The van der Waals surface area contributed by atoms with Crippen LogP contribution in [0.1, 0.15) is 52.0 Å². The van der Waals surface area contributed by atoms with Gasteiger partial charge < -0.3 is 14.3 Å². The lowest BCUT2D eigenvalue weighted by Crippen LogP contribution is -2.11. The molecule has 0 unspecified atom stereocenters. The fourth-order valence-corrected chi connectivity index (χ4v) is 2.04. The lowest BCUT2D eigenvalue weighted by atomic mass is 10.0. The Hall–Kier alpha value is -2.50. The molecule has 0 bridgehead atoms. The molecular formula is C15H14O6. The number of carbonyl (C=O) groups excluding carboxylic acids is 4. The van der Waals surface area contributed by atoms with E-state index in [4.69, 9.17) is 4.74 Å². The van der Waals surface area contributed by atoms with Gasteiger partial charge in [0.1, 0.15) is 17.6 Å². The fraction of sp³-hybridized carbons (Fsp3) is 0.333. The third kappa shape index (κ3) is 3.16. The second kappa shape index (κ2) is 6.30. The minimum Gasteiger partial charge on any atom is -0.425 e. The number of aldehydes is 1. The molecule has 1 aliphatic rings. The quantitative estimate of drug-likeness (QED) is 0.262. The van der Waals surface area contributed by atoms with E-state index in [1.54, 1.807) is 13.0 Å². The first-order valence-corrected chi connectivity index (χ1v) is 6.59. The first kappa shape index (κ1) is 14.9. The van der Waals surface area contributed by atoms with E-state index in [-0.39, 0.29) is 23.3 Å². The maximum Gasteiger partial charge on any atom is 0.350 e. The number of fused-ring (bicyclic) bond motifs is 1. The highest BCUT2D eigenvalue weighted by Gasteiger charge is 2.34. The molecule has 110 valence electrons. The number of ether oxygens (including phenoxy) is 2. The molecule has 0 aromatic heterocycles. The van der Waals surface area contributed by atoms with Crippen molar-refractivity contribution in [1.82, 2.24) is 0 Å². The molecule has 1 aliphatic heterocycles. The molecule has 6 nitrogen and oxygen atoms in total. The minimum absolute atomic E-state index is 0.00115. The maximum atomic E-state index is 11.8. The predicted octanol–water partition coefficient (Wildman–Crippen LogP) is 1.97. The monoisotopic (exact) mass is 290 g/mol. The summed E-state index contributed by atoms with van der Waals surface area (Å²) in [5.41, 5.74) is 0.678. The molecule has 0 saturated carbocycles. The predicted molar refractivity (Wildman–Crippen MR) is 71.1 cm³/mol. The van der Waals surface area contributed by atoms with Crippen LogP contribution in [0.5, 0.6) is 5.75 Å². The molecule has 2 rings (SSSR count). The first-order valence-electron chi connectivity index (χ1n) is 6.59. The molecule has 1 heterocycles. The second-order valence-corrected chi connectivity index (χ2v) is 4.70. The van der Waals surface area contributed by atoms with Crippen LogP contribution in [0.15, 0.2) is 12.1 Å². The highest BCUT2D eigenvalue weighted by Crippen LogP contribution is 2.32. The van der Waals surface area contributed by atoms with Gasteiger partial charge in [0.2, 0.25) is 0 Å². The van der Waals surface area contributed by atoms with E-state index < -0.39 is 17.9 Å². The smallest absolute Gasteiger partial charge is 0.350 e. The van der Waals surface area contributed by atoms with E-state index in [1.165, 1.54) is 6.07 Å². The van der Waals surface area contributed by atoms with Gasteiger partial charge >= 0.3 is 17.9 Å². The number of hydrogen-bond acceptors (Lipinski definition) is 6. The van der Waals surface area contributed by atoms with E-state index in [9.17, 15) is 19.2 Å². The van der Waals surface area contributed by atoms with Gasteiger partial charge in [-0.15, -0.1) is 0 Å². The molecule has 1 aromatic carbocycles. The lowest BCUT2D eigenvalue weighted by molar-refractivity contribution is -0.134. The van der Waals surface area contributed by atoms with Crippen molar-refractivity contribution >= 4 is 24.2 Å². The topological polar surface area (TPSA) is 86.7 Å². The maximum absolute atomic E-state index is 11.8. The normalized spacial score (nSPS) is 12.8. The highest BCUT2D eigenvalue weighted by molar-refractivity contribution is 6.16. The van der Waals surface area contributed by atoms with Gasteiger partial charge in [0.25, 0.3) is 0 Å². The number of hydrogen-bond donors (Lipinski definition) is 0. The Morgan fingerprint density at radius 3 is 2.71 bits per heavy atom. The van der Waals surface area contributed by atoms with Gasteiger partial charge in [-0.25, -0.2) is 9.59 Å². The van der Waals surface area contributed by atoms with Crippen LogP contribution in [0, 0.1) is 6.92 Å². The number of benzene rings is 1. The summed E-state index contributed by atoms with van der Waals surface area (Å²) in [5, 5.41) is 0. The molecular weight excluding hydrogens is 276 g/mol. The van der Waals surface area contributed by atoms with E-state index in [2.05, 4.69) is 4.74 Å². The Bertz CT molecular complexity index is 617. The van der Waals surface area contributed by atoms with Crippen molar-refractivity contribution in [3.63, 3.8) is 0 Å². The fourth-order valence-electron chi connectivity index (χ4n) is 2.04. The second-order valence-electron chi connectivity index (χ2n) is 4.70. The molecule has 0 aliphatic carbocycles. The van der Waals surface area contributed by atoms with Gasteiger partial charge in [-0.05, 0) is 31.4 Å². The average molecular weight is 290 g/mol. The molecule has 1 aromatic rings. The highest BCUT2D eigenvalue weighted by atomic mass is 16.6. The van der Waals surface area contributed by atoms with Crippen LogP contribution >= 0.6 is 0 Å². The molecule has 0 fully saturated rings. The molecule has 0 atom stereocenters. The van der Waals surface area contributed by atoms with Crippen LogP contribution < -0.4 is 4.74 Å². The van der Waals surface area contributed by atoms with Crippen molar-refractivity contribution in [1.29, 1.82) is 0 Å². The summed E-state index contributed by atoms with van der Waals surface area (Å²) in [6, 6.07) is 3.06. The number of esters is 3. The zero-order chi connectivity index (χ0) is 15.4. The van der Waals surface area contributed by atoms with Crippen LogP contribution in [0.2, 0.25) is 0 Å². The molecule has 21 heavy (non-hydrogen) atoms. The number of unbranched alkanes of at least 4 members (excludes halogenated alkanes) is 2. The molecule has 0 amide bonds. The van der Waals surface area contributed by atoms with Crippen LogP contribution in [-0.2, 0) is 14.3 Å². The van der Waals surface area contributed by atoms with Crippen LogP contribution in [0.3, 0.4) is 0 Å². The molecule has 0 radical (unpaired) electrons. The Balaban J connectivity index is 2.14. The van der Waals surface area contributed by atoms with Crippen molar-refractivity contribution in [2.45, 2.75) is 32.6 Å². The SMILES string of the molecule is Cc1ccc2c(c1OC(=O)CCCCC=O)C(=O)OC2=O. The minimum atomic E-state index is -0.803. The third-order valence-electron chi connectivity index (χ3n) is 3.13. The standard InChI is InChI=1S/C15H14O6/c1-9-6-7-10-12(15(19)21-14(10)18)13(9)20-11(17)5-3-2-4-8-16/h6-8H,2-5H2,1H3. The summed E-state index contributed by atoms with van der Waals surface area (Å²) in [4.78, 5) is 45.1.